The van der Waals surface area contributed by atoms with Gasteiger partial charge in [0.25, 0.3) is 11.8 Å². The Kier molecular flexibility index (Phi) is 7.65. The summed E-state index contributed by atoms with van der Waals surface area (Å²) in [5.41, 5.74) is 2.55. The largest absolute Gasteiger partial charge is 0.497 e. The van der Waals surface area contributed by atoms with Gasteiger partial charge in [-0.1, -0.05) is 13.3 Å². The molecule has 2 amide bonds. The normalized spacial score (nSPS) is 10.6. The van der Waals surface area contributed by atoms with Gasteiger partial charge in [-0.25, -0.2) is 4.79 Å². The monoisotopic (exact) mass is 486 g/mol. The van der Waals surface area contributed by atoms with Crippen LogP contribution in [-0.2, 0) is 11.2 Å². The molecule has 1 heterocycles. The Labute approximate surface area is 207 Å². The lowest BCUT2D eigenvalue weighted by atomic mass is 10.1. The number of methoxy groups -OCH3 is 1. The maximum atomic E-state index is 12.5. The van der Waals surface area contributed by atoms with E-state index in [9.17, 15) is 14.4 Å². The van der Waals surface area contributed by atoms with E-state index < -0.39 is 5.63 Å². The molecular formula is C28H26N2O6. The molecule has 0 saturated heterocycles. The second-order valence-electron chi connectivity index (χ2n) is 8.10. The smallest absolute Gasteiger partial charge is 0.336 e. The van der Waals surface area contributed by atoms with Crippen LogP contribution in [0.15, 0.2) is 82.0 Å². The highest BCUT2D eigenvalue weighted by Crippen LogP contribution is 2.24. The molecule has 0 aliphatic rings. The maximum absolute atomic E-state index is 12.5. The van der Waals surface area contributed by atoms with Gasteiger partial charge in [0.05, 0.1) is 7.11 Å². The van der Waals surface area contributed by atoms with Crippen molar-refractivity contribution in [1.82, 2.24) is 0 Å². The molecule has 0 saturated carbocycles. The summed E-state index contributed by atoms with van der Waals surface area (Å²) in [5.74, 6) is 0.476. The van der Waals surface area contributed by atoms with Gasteiger partial charge in [-0.15, -0.1) is 0 Å². The highest BCUT2D eigenvalue weighted by atomic mass is 16.5. The van der Waals surface area contributed by atoms with Crippen molar-refractivity contribution in [3.8, 4) is 11.5 Å². The van der Waals surface area contributed by atoms with Gasteiger partial charge in [0.1, 0.15) is 17.1 Å². The van der Waals surface area contributed by atoms with Crippen molar-refractivity contribution < 1.29 is 23.5 Å². The molecule has 0 atom stereocenters. The van der Waals surface area contributed by atoms with Gasteiger partial charge in [-0.2, -0.15) is 0 Å². The maximum Gasteiger partial charge on any atom is 0.336 e. The average Bonchev–Trinajstić information content (AvgIpc) is 2.88. The molecule has 0 spiro atoms. The van der Waals surface area contributed by atoms with E-state index in [0.717, 1.165) is 23.8 Å². The third kappa shape index (κ3) is 6.09. The number of hydrogen-bond acceptors (Lipinski definition) is 6. The van der Waals surface area contributed by atoms with Crippen molar-refractivity contribution in [1.29, 1.82) is 0 Å². The standard InChI is InChI=1S/C28H26N2O6/c1-3-4-19-15-27(32)36-25-16-23(13-14-24(19)25)35-17-26(31)29-20-7-5-18(6-8-20)28(33)30-21-9-11-22(34-2)12-10-21/h5-16H,3-4,17H2,1-2H3,(H,29,31)(H,30,33). The number of hydrogen-bond donors (Lipinski definition) is 2. The van der Waals surface area contributed by atoms with E-state index >= 15 is 0 Å². The van der Waals surface area contributed by atoms with E-state index in [0.29, 0.717) is 34.0 Å². The zero-order chi connectivity index (χ0) is 25.5. The number of fused-ring (bicyclic) bond motifs is 1. The minimum atomic E-state index is -0.415. The number of rotatable bonds is 9. The zero-order valence-electron chi connectivity index (χ0n) is 20.0. The predicted molar refractivity (Wildman–Crippen MR) is 138 cm³/mol. The third-order valence-electron chi connectivity index (χ3n) is 5.47. The molecule has 4 aromatic rings. The van der Waals surface area contributed by atoms with Crippen LogP contribution < -0.4 is 25.7 Å². The third-order valence-corrected chi connectivity index (χ3v) is 5.47. The van der Waals surface area contributed by atoms with Crippen molar-refractivity contribution in [3.05, 3.63) is 94.3 Å². The Balaban J connectivity index is 1.33. The molecule has 0 aliphatic heterocycles. The zero-order valence-corrected chi connectivity index (χ0v) is 20.0. The van der Waals surface area contributed by atoms with Gasteiger partial charge in [0.15, 0.2) is 6.61 Å². The summed E-state index contributed by atoms with van der Waals surface area (Å²) in [6.45, 7) is 1.81. The summed E-state index contributed by atoms with van der Waals surface area (Å²) in [7, 11) is 1.58. The minimum absolute atomic E-state index is 0.232. The number of amides is 2. The first-order valence-corrected chi connectivity index (χ1v) is 11.5. The van der Waals surface area contributed by atoms with E-state index in [4.69, 9.17) is 13.9 Å². The van der Waals surface area contributed by atoms with Crippen LogP contribution in [0.4, 0.5) is 11.4 Å². The quantitative estimate of drug-likeness (QED) is 0.322. The molecule has 0 fully saturated rings. The molecule has 2 N–H and O–H groups in total. The highest BCUT2D eigenvalue weighted by Gasteiger charge is 2.10. The summed E-state index contributed by atoms with van der Waals surface area (Å²) in [6, 6.07) is 20.2. The Bertz CT molecular complexity index is 1430. The van der Waals surface area contributed by atoms with Crippen LogP contribution in [0.3, 0.4) is 0 Å². The fraction of sp³-hybridized carbons (Fsp3) is 0.179. The Hall–Kier alpha value is -4.59. The Morgan fingerprint density at radius 2 is 1.53 bits per heavy atom. The molecule has 0 radical (unpaired) electrons. The molecule has 0 aliphatic carbocycles. The lowest BCUT2D eigenvalue weighted by molar-refractivity contribution is -0.118. The number of benzene rings is 3. The van der Waals surface area contributed by atoms with Gasteiger partial charge < -0.3 is 24.5 Å². The van der Waals surface area contributed by atoms with Crippen LogP contribution in [0.1, 0.15) is 29.3 Å². The molecule has 3 aromatic carbocycles. The fourth-order valence-electron chi connectivity index (χ4n) is 3.70. The number of nitrogens with one attached hydrogen (secondary N) is 2. The van der Waals surface area contributed by atoms with Gasteiger partial charge in [-0.05, 0) is 72.6 Å². The number of aryl methyl sites for hydroxylation is 1. The Morgan fingerprint density at radius 1 is 0.861 bits per heavy atom. The van der Waals surface area contributed by atoms with Crippen molar-refractivity contribution in [2.24, 2.45) is 0 Å². The molecule has 0 unspecified atom stereocenters. The number of carbonyl (C=O) groups is 2. The van der Waals surface area contributed by atoms with Crippen LogP contribution in [-0.4, -0.2) is 25.5 Å². The topological polar surface area (TPSA) is 107 Å². The summed E-state index contributed by atoms with van der Waals surface area (Å²) in [5, 5.41) is 6.39. The molecule has 1 aromatic heterocycles. The Morgan fingerprint density at radius 3 is 2.22 bits per heavy atom. The van der Waals surface area contributed by atoms with E-state index in [1.54, 1.807) is 67.8 Å². The van der Waals surface area contributed by atoms with Crippen LogP contribution in [0.2, 0.25) is 0 Å². The number of anilines is 2. The first kappa shape index (κ1) is 24.5. The lowest BCUT2D eigenvalue weighted by Gasteiger charge is -2.10. The first-order chi connectivity index (χ1) is 17.4. The van der Waals surface area contributed by atoms with Gasteiger partial charge in [-0.3, -0.25) is 9.59 Å². The predicted octanol–water partition coefficient (Wildman–Crippen LogP) is 5.02. The van der Waals surface area contributed by atoms with E-state index in [1.165, 1.54) is 6.07 Å². The minimum Gasteiger partial charge on any atom is -0.497 e. The van der Waals surface area contributed by atoms with Crippen LogP contribution >= 0.6 is 0 Å². The van der Waals surface area contributed by atoms with Gasteiger partial charge in [0.2, 0.25) is 0 Å². The van der Waals surface area contributed by atoms with Crippen LogP contribution in [0, 0.1) is 0 Å². The number of carbonyl (C=O) groups excluding carboxylic acids is 2. The van der Waals surface area contributed by atoms with Crippen molar-refractivity contribution in [2.75, 3.05) is 24.4 Å². The molecular weight excluding hydrogens is 460 g/mol. The fourth-order valence-corrected chi connectivity index (χ4v) is 3.70. The van der Waals surface area contributed by atoms with Gasteiger partial charge in [0, 0.05) is 34.5 Å². The van der Waals surface area contributed by atoms with Crippen molar-refractivity contribution >= 4 is 34.2 Å². The first-order valence-electron chi connectivity index (χ1n) is 11.5. The summed E-state index contributed by atoms with van der Waals surface area (Å²) in [6.07, 6.45) is 1.68. The van der Waals surface area contributed by atoms with Crippen LogP contribution in [0.25, 0.3) is 11.0 Å². The second-order valence-corrected chi connectivity index (χ2v) is 8.10. The highest BCUT2D eigenvalue weighted by molar-refractivity contribution is 6.04. The number of ether oxygens (including phenoxy) is 2. The molecule has 4 rings (SSSR count). The molecule has 36 heavy (non-hydrogen) atoms. The van der Waals surface area contributed by atoms with E-state index in [2.05, 4.69) is 10.6 Å². The van der Waals surface area contributed by atoms with Gasteiger partial charge >= 0.3 is 5.63 Å². The van der Waals surface area contributed by atoms with Crippen molar-refractivity contribution in [3.63, 3.8) is 0 Å². The summed E-state index contributed by atoms with van der Waals surface area (Å²) >= 11 is 0. The molecule has 8 nitrogen and oxygen atoms in total. The molecule has 184 valence electrons. The second kappa shape index (κ2) is 11.2. The summed E-state index contributed by atoms with van der Waals surface area (Å²) in [4.78, 5) is 36.7. The van der Waals surface area contributed by atoms with E-state index in [-0.39, 0.29) is 18.4 Å². The molecule has 8 heteroatoms. The average molecular weight is 487 g/mol. The lowest BCUT2D eigenvalue weighted by Crippen LogP contribution is -2.20. The van der Waals surface area contributed by atoms with Crippen molar-refractivity contribution in [2.45, 2.75) is 19.8 Å². The molecule has 0 bridgehead atoms. The summed E-state index contributed by atoms with van der Waals surface area (Å²) < 4.78 is 16.0. The SMILES string of the molecule is CCCc1cc(=O)oc2cc(OCC(=O)Nc3ccc(C(=O)Nc4ccc(OC)cc4)cc3)ccc12. The van der Waals surface area contributed by atoms with E-state index in [1.807, 2.05) is 13.0 Å². The van der Waals surface area contributed by atoms with Crippen LogP contribution in [0.5, 0.6) is 11.5 Å².